The molecule has 4 nitrogen and oxygen atoms in total. The monoisotopic (exact) mass is 407 g/mol. The number of nitrogens with zero attached hydrogens (tertiary/aromatic N) is 1. The van der Waals surface area contributed by atoms with Crippen molar-refractivity contribution in [2.24, 2.45) is 0 Å². The van der Waals surface area contributed by atoms with Crippen molar-refractivity contribution >= 4 is 17.8 Å². The lowest BCUT2D eigenvalue weighted by Crippen LogP contribution is -2.21. The highest BCUT2D eigenvalue weighted by Crippen LogP contribution is 2.31. The van der Waals surface area contributed by atoms with Gasteiger partial charge < -0.3 is 9.64 Å². The minimum absolute atomic E-state index is 0.0463. The van der Waals surface area contributed by atoms with E-state index < -0.39 is 0 Å². The summed E-state index contributed by atoms with van der Waals surface area (Å²) in [6.07, 6.45) is 5.33. The molecule has 0 atom stereocenters. The largest absolute Gasteiger partial charge is 0.493 e. The van der Waals surface area contributed by atoms with Crippen LogP contribution in [0.15, 0.2) is 48.5 Å². The highest BCUT2D eigenvalue weighted by Gasteiger charge is 2.19. The molecule has 2 rings (SSSR count). The van der Waals surface area contributed by atoms with Gasteiger partial charge in [0.2, 0.25) is 0 Å². The summed E-state index contributed by atoms with van der Waals surface area (Å²) in [6, 6.07) is 13.0. The number of ketones is 1. The Kier molecular flexibility index (Phi) is 7.99. The van der Waals surface area contributed by atoms with E-state index in [2.05, 4.69) is 39.8 Å². The number of hydrogen-bond acceptors (Lipinski definition) is 3. The fourth-order valence-electron chi connectivity index (χ4n) is 2.94. The molecule has 0 radical (unpaired) electrons. The summed E-state index contributed by atoms with van der Waals surface area (Å²) in [5.74, 6) is 0.585. The number of rotatable bonds is 9. The molecule has 4 heteroatoms. The van der Waals surface area contributed by atoms with Crippen LogP contribution in [0.5, 0.6) is 5.75 Å². The Hall–Kier alpha value is -2.88. The van der Waals surface area contributed by atoms with Gasteiger partial charge in [-0.25, -0.2) is 0 Å². The number of hydrogen-bond donors (Lipinski definition) is 0. The van der Waals surface area contributed by atoms with Gasteiger partial charge in [-0.2, -0.15) is 0 Å². The molecule has 0 aliphatic carbocycles. The SMILES string of the molecule is CCCOc1ccc(C(C)(C)CC)cc1/C=C/C(=O)c1ccc(C(=O)N(C)C)cc1. The lowest BCUT2D eigenvalue weighted by molar-refractivity contribution is 0.0827. The third-order valence-corrected chi connectivity index (χ3v) is 5.37. The van der Waals surface area contributed by atoms with E-state index in [0.717, 1.165) is 24.2 Å². The maximum absolute atomic E-state index is 12.7. The molecule has 0 aromatic heterocycles. The standard InChI is InChI=1S/C26H33NO3/c1-7-17-30-24-16-14-22(26(3,4)8-2)18-21(24)13-15-23(28)19-9-11-20(12-10-19)25(29)27(5)6/h9-16,18H,7-8,17H2,1-6H3/b15-13+. The van der Waals surface area contributed by atoms with Gasteiger partial charge in [-0.3, -0.25) is 9.59 Å². The van der Waals surface area contributed by atoms with Crippen molar-refractivity contribution in [2.75, 3.05) is 20.7 Å². The van der Waals surface area contributed by atoms with Crippen LogP contribution in [-0.2, 0) is 5.41 Å². The first-order chi connectivity index (χ1) is 14.2. The highest BCUT2D eigenvalue weighted by atomic mass is 16.5. The van der Waals surface area contributed by atoms with Crippen molar-refractivity contribution in [1.82, 2.24) is 4.90 Å². The summed E-state index contributed by atoms with van der Waals surface area (Å²) in [4.78, 5) is 26.2. The van der Waals surface area contributed by atoms with Crippen LogP contribution < -0.4 is 4.74 Å². The number of amides is 1. The maximum Gasteiger partial charge on any atom is 0.253 e. The van der Waals surface area contributed by atoms with E-state index in [1.807, 2.05) is 12.1 Å². The summed E-state index contributed by atoms with van der Waals surface area (Å²) < 4.78 is 5.89. The van der Waals surface area contributed by atoms with Gasteiger partial charge in [0.15, 0.2) is 5.78 Å². The van der Waals surface area contributed by atoms with Crippen LogP contribution in [0.25, 0.3) is 6.08 Å². The summed E-state index contributed by atoms with van der Waals surface area (Å²) in [7, 11) is 3.41. The lowest BCUT2D eigenvalue weighted by atomic mass is 9.81. The molecule has 2 aromatic carbocycles. The fourth-order valence-corrected chi connectivity index (χ4v) is 2.94. The van der Waals surface area contributed by atoms with Crippen molar-refractivity contribution < 1.29 is 14.3 Å². The number of ether oxygens (including phenoxy) is 1. The predicted octanol–water partition coefficient (Wildman–Crippen LogP) is 5.76. The smallest absolute Gasteiger partial charge is 0.253 e. The molecular formula is C26H33NO3. The summed E-state index contributed by atoms with van der Waals surface area (Å²) in [5, 5.41) is 0. The van der Waals surface area contributed by atoms with Crippen LogP contribution in [0.1, 0.15) is 72.4 Å². The Labute approximate surface area is 180 Å². The number of carbonyl (C=O) groups is 2. The van der Waals surface area contributed by atoms with Crippen molar-refractivity contribution in [1.29, 1.82) is 0 Å². The molecule has 0 fully saturated rings. The molecule has 2 aromatic rings. The molecule has 0 bridgehead atoms. The van der Waals surface area contributed by atoms with Gasteiger partial charge in [-0.05, 0) is 60.2 Å². The molecule has 0 aliphatic rings. The van der Waals surface area contributed by atoms with Gasteiger partial charge in [0.25, 0.3) is 5.91 Å². The normalized spacial score (nSPS) is 11.5. The minimum atomic E-state index is -0.111. The van der Waals surface area contributed by atoms with Crippen LogP contribution >= 0.6 is 0 Å². The van der Waals surface area contributed by atoms with Crippen LogP contribution in [0.4, 0.5) is 0 Å². The molecule has 0 aliphatic heterocycles. The van der Waals surface area contributed by atoms with E-state index >= 15 is 0 Å². The molecule has 160 valence electrons. The third-order valence-electron chi connectivity index (χ3n) is 5.37. The molecule has 0 saturated heterocycles. The van der Waals surface area contributed by atoms with Gasteiger partial charge in [0.1, 0.15) is 5.75 Å². The molecule has 1 amide bonds. The van der Waals surface area contributed by atoms with Crippen LogP contribution in [0.3, 0.4) is 0 Å². The van der Waals surface area contributed by atoms with Gasteiger partial charge in [-0.1, -0.05) is 45.9 Å². The molecule has 0 unspecified atom stereocenters. The Morgan fingerprint density at radius 2 is 1.63 bits per heavy atom. The summed E-state index contributed by atoms with van der Waals surface area (Å²) in [6.45, 7) is 9.30. The average molecular weight is 408 g/mol. The quantitative estimate of drug-likeness (QED) is 0.392. The average Bonchev–Trinajstić information content (AvgIpc) is 2.75. The summed E-state index contributed by atoms with van der Waals surface area (Å²) in [5.41, 5.74) is 3.26. The second-order valence-electron chi connectivity index (χ2n) is 8.31. The first-order valence-electron chi connectivity index (χ1n) is 10.5. The van der Waals surface area contributed by atoms with Crippen LogP contribution in [0, 0.1) is 0 Å². The van der Waals surface area contributed by atoms with E-state index in [9.17, 15) is 9.59 Å². The Morgan fingerprint density at radius 1 is 1.00 bits per heavy atom. The second-order valence-corrected chi connectivity index (χ2v) is 8.31. The second kappa shape index (κ2) is 10.2. The third kappa shape index (κ3) is 5.82. The Balaban J connectivity index is 2.29. The highest BCUT2D eigenvalue weighted by molar-refractivity contribution is 6.07. The van der Waals surface area contributed by atoms with E-state index in [-0.39, 0.29) is 17.1 Å². The number of carbonyl (C=O) groups excluding carboxylic acids is 2. The zero-order chi connectivity index (χ0) is 22.3. The molecule has 0 heterocycles. The van der Waals surface area contributed by atoms with Crippen LogP contribution in [-0.4, -0.2) is 37.3 Å². The fraction of sp³-hybridized carbons (Fsp3) is 0.385. The molecule has 30 heavy (non-hydrogen) atoms. The van der Waals surface area contributed by atoms with Crippen LogP contribution in [0.2, 0.25) is 0 Å². The zero-order valence-corrected chi connectivity index (χ0v) is 19.0. The van der Waals surface area contributed by atoms with Crippen molar-refractivity contribution in [3.05, 3.63) is 70.8 Å². The lowest BCUT2D eigenvalue weighted by Gasteiger charge is -2.24. The Morgan fingerprint density at radius 3 is 2.20 bits per heavy atom. The topological polar surface area (TPSA) is 46.6 Å². The Bertz CT molecular complexity index is 908. The minimum Gasteiger partial charge on any atom is -0.493 e. The molecule has 0 saturated carbocycles. The molecular weight excluding hydrogens is 374 g/mol. The van der Waals surface area contributed by atoms with Gasteiger partial charge in [-0.15, -0.1) is 0 Å². The predicted molar refractivity (Wildman–Crippen MR) is 123 cm³/mol. The van der Waals surface area contributed by atoms with Crippen molar-refractivity contribution in [3.63, 3.8) is 0 Å². The van der Waals surface area contributed by atoms with E-state index in [1.54, 1.807) is 44.4 Å². The molecule has 0 N–H and O–H groups in total. The van der Waals surface area contributed by atoms with Gasteiger partial charge >= 0.3 is 0 Å². The van der Waals surface area contributed by atoms with E-state index in [4.69, 9.17) is 4.74 Å². The van der Waals surface area contributed by atoms with Gasteiger partial charge in [0, 0.05) is 30.8 Å². The van der Waals surface area contributed by atoms with Crippen molar-refractivity contribution in [3.8, 4) is 5.75 Å². The van der Waals surface area contributed by atoms with Gasteiger partial charge in [0.05, 0.1) is 6.61 Å². The number of benzene rings is 2. The van der Waals surface area contributed by atoms with E-state index in [1.165, 1.54) is 10.5 Å². The molecule has 0 spiro atoms. The van der Waals surface area contributed by atoms with Crippen molar-refractivity contribution in [2.45, 2.75) is 46.0 Å². The zero-order valence-electron chi connectivity index (χ0n) is 19.0. The maximum atomic E-state index is 12.7. The first-order valence-corrected chi connectivity index (χ1v) is 10.5. The summed E-state index contributed by atoms with van der Waals surface area (Å²) >= 11 is 0. The van der Waals surface area contributed by atoms with E-state index in [0.29, 0.717) is 17.7 Å². The first kappa shape index (κ1) is 23.4. The number of allylic oxidation sites excluding steroid dienone is 1.